The minimum Gasteiger partial charge on any atom is -0.334 e. The minimum absolute atomic E-state index is 0.209. The average molecular weight is 371 g/mol. The number of rotatable bonds is 6. The van der Waals surface area contributed by atoms with Crippen LogP contribution in [0.1, 0.15) is 16.8 Å². The van der Waals surface area contributed by atoms with E-state index in [1.807, 2.05) is 54.9 Å². The molecule has 2 N–H and O–H groups in total. The molecule has 28 heavy (non-hydrogen) atoms. The van der Waals surface area contributed by atoms with Crippen molar-refractivity contribution in [1.82, 2.24) is 25.2 Å². The van der Waals surface area contributed by atoms with E-state index in [-0.39, 0.29) is 6.03 Å². The monoisotopic (exact) mass is 371 g/mol. The van der Waals surface area contributed by atoms with Crippen molar-refractivity contribution in [3.05, 3.63) is 96.1 Å². The molecule has 0 aliphatic carbocycles. The van der Waals surface area contributed by atoms with E-state index in [0.29, 0.717) is 13.1 Å². The molecular weight excluding hydrogens is 350 g/mol. The normalized spacial score (nSPS) is 10.7. The van der Waals surface area contributed by atoms with Gasteiger partial charge in [0.25, 0.3) is 0 Å². The van der Waals surface area contributed by atoms with Gasteiger partial charge in [-0.3, -0.25) is 4.98 Å². The lowest BCUT2D eigenvalue weighted by atomic mass is 10.1. The van der Waals surface area contributed by atoms with E-state index in [0.717, 1.165) is 28.8 Å². The van der Waals surface area contributed by atoms with Crippen LogP contribution in [0, 0.1) is 0 Å². The molecule has 0 spiro atoms. The minimum atomic E-state index is -0.209. The number of hydrogen-bond donors (Lipinski definition) is 2. The summed E-state index contributed by atoms with van der Waals surface area (Å²) in [7, 11) is 0. The Morgan fingerprint density at radius 2 is 1.57 bits per heavy atom. The zero-order valence-corrected chi connectivity index (χ0v) is 15.4. The Morgan fingerprint density at radius 1 is 0.821 bits per heavy atom. The number of para-hydroxylation sites is 2. The molecule has 2 heterocycles. The molecular formula is C22H21N5O. The van der Waals surface area contributed by atoms with Crippen molar-refractivity contribution < 1.29 is 4.79 Å². The number of pyridine rings is 1. The van der Waals surface area contributed by atoms with Gasteiger partial charge in [-0.1, -0.05) is 42.5 Å². The summed E-state index contributed by atoms with van der Waals surface area (Å²) in [5.74, 6) is 0. The molecule has 0 aliphatic heterocycles. The molecule has 0 saturated heterocycles. The molecule has 6 heteroatoms. The van der Waals surface area contributed by atoms with Crippen LogP contribution in [0.4, 0.5) is 4.79 Å². The van der Waals surface area contributed by atoms with Gasteiger partial charge < -0.3 is 15.2 Å². The summed E-state index contributed by atoms with van der Waals surface area (Å²) in [6, 6.07) is 21.8. The van der Waals surface area contributed by atoms with Gasteiger partial charge in [0.2, 0.25) is 0 Å². The molecule has 0 bridgehead atoms. The second-order valence-corrected chi connectivity index (χ2v) is 6.53. The largest absolute Gasteiger partial charge is 0.334 e. The van der Waals surface area contributed by atoms with E-state index in [9.17, 15) is 4.79 Å². The number of urea groups is 1. The average Bonchev–Trinajstić information content (AvgIpc) is 3.15. The van der Waals surface area contributed by atoms with Crippen LogP contribution >= 0.6 is 0 Å². The topological polar surface area (TPSA) is 71.8 Å². The third-order valence-electron chi connectivity index (χ3n) is 4.51. The van der Waals surface area contributed by atoms with Crippen LogP contribution in [0.3, 0.4) is 0 Å². The van der Waals surface area contributed by atoms with Gasteiger partial charge >= 0.3 is 6.03 Å². The standard InChI is InChI=1S/C22H21N5O/c28-22(25-14-19-5-3-4-12-23-19)24-13-17-8-10-18(11-9-17)15-27-16-26-20-6-1-2-7-21(20)27/h1-12,16H,13-15H2,(H2,24,25,28). The fraction of sp³-hybridized carbons (Fsp3) is 0.136. The van der Waals surface area contributed by atoms with Gasteiger partial charge in [-0.25, -0.2) is 9.78 Å². The van der Waals surface area contributed by atoms with Crippen LogP contribution in [0.25, 0.3) is 11.0 Å². The molecule has 140 valence electrons. The van der Waals surface area contributed by atoms with Crippen LogP contribution in [-0.4, -0.2) is 20.6 Å². The number of nitrogens with zero attached hydrogens (tertiary/aromatic N) is 3. The Morgan fingerprint density at radius 3 is 2.39 bits per heavy atom. The summed E-state index contributed by atoms with van der Waals surface area (Å²) in [4.78, 5) is 20.5. The fourth-order valence-electron chi connectivity index (χ4n) is 3.01. The Kier molecular flexibility index (Phi) is 5.29. The number of fused-ring (bicyclic) bond motifs is 1. The molecule has 0 radical (unpaired) electrons. The lowest BCUT2D eigenvalue weighted by Crippen LogP contribution is -2.34. The van der Waals surface area contributed by atoms with E-state index in [1.165, 1.54) is 5.56 Å². The highest BCUT2D eigenvalue weighted by Gasteiger charge is 2.04. The van der Waals surface area contributed by atoms with Gasteiger partial charge in [-0.15, -0.1) is 0 Å². The third-order valence-corrected chi connectivity index (χ3v) is 4.51. The van der Waals surface area contributed by atoms with Crippen LogP contribution in [0.2, 0.25) is 0 Å². The lowest BCUT2D eigenvalue weighted by Gasteiger charge is -2.09. The molecule has 0 fully saturated rings. The van der Waals surface area contributed by atoms with Crippen LogP contribution in [0.15, 0.2) is 79.3 Å². The van der Waals surface area contributed by atoms with Crippen molar-refractivity contribution in [2.45, 2.75) is 19.6 Å². The quantitative estimate of drug-likeness (QED) is 0.545. The summed E-state index contributed by atoms with van der Waals surface area (Å²) in [6.07, 6.45) is 3.58. The number of nitrogens with one attached hydrogen (secondary N) is 2. The molecule has 2 aromatic carbocycles. The Labute approximate surface area is 163 Å². The predicted octanol–water partition coefficient (Wildman–Crippen LogP) is 3.48. The predicted molar refractivity (Wildman–Crippen MR) is 109 cm³/mol. The SMILES string of the molecule is O=C(NCc1ccc(Cn2cnc3ccccc32)cc1)NCc1ccccn1. The number of carbonyl (C=O) groups excluding carboxylic acids is 1. The molecule has 0 saturated carbocycles. The van der Waals surface area contributed by atoms with Gasteiger partial charge in [-0.2, -0.15) is 0 Å². The highest BCUT2D eigenvalue weighted by molar-refractivity contribution is 5.75. The number of hydrogen-bond acceptors (Lipinski definition) is 3. The van der Waals surface area contributed by atoms with Gasteiger partial charge in [0.15, 0.2) is 0 Å². The van der Waals surface area contributed by atoms with Crippen molar-refractivity contribution >= 4 is 17.1 Å². The molecule has 4 aromatic rings. The summed E-state index contributed by atoms with van der Waals surface area (Å²) < 4.78 is 2.13. The van der Waals surface area contributed by atoms with E-state index < -0.39 is 0 Å². The van der Waals surface area contributed by atoms with Gasteiger partial charge in [0, 0.05) is 19.3 Å². The maximum Gasteiger partial charge on any atom is 0.315 e. The first-order valence-electron chi connectivity index (χ1n) is 9.17. The van der Waals surface area contributed by atoms with Crippen molar-refractivity contribution in [3.8, 4) is 0 Å². The second kappa shape index (κ2) is 8.35. The molecule has 6 nitrogen and oxygen atoms in total. The second-order valence-electron chi connectivity index (χ2n) is 6.53. The summed E-state index contributed by atoms with van der Waals surface area (Å²) in [5, 5.41) is 5.67. The van der Waals surface area contributed by atoms with Gasteiger partial charge in [-0.05, 0) is 35.4 Å². The molecule has 2 aromatic heterocycles. The number of imidazole rings is 1. The molecule has 2 amide bonds. The van der Waals surface area contributed by atoms with E-state index in [2.05, 4.69) is 43.4 Å². The first-order valence-corrected chi connectivity index (χ1v) is 9.17. The smallest absolute Gasteiger partial charge is 0.315 e. The highest BCUT2D eigenvalue weighted by Crippen LogP contribution is 2.14. The first kappa shape index (κ1) is 17.7. The summed E-state index contributed by atoms with van der Waals surface area (Å²) in [6.45, 7) is 1.64. The van der Waals surface area contributed by atoms with Crippen molar-refractivity contribution in [3.63, 3.8) is 0 Å². The number of amides is 2. The van der Waals surface area contributed by atoms with Crippen LogP contribution in [-0.2, 0) is 19.6 Å². The number of aromatic nitrogens is 3. The molecule has 0 unspecified atom stereocenters. The zero-order valence-electron chi connectivity index (χ0n) is 15.4. The highest BCUT2D eigenvalue weighted by atomic mass is 16.2. The van der Waals surface area contributed by atoms with Gasteiger partial charge in [0.05, 0.1) is 29.6 Å². The van der Waals surface area contributed by atoms with Gasteiger partial charge in [0.1, 0.15) is 0 Å². The number of carbonyl (C=O) groups is 1. The van der Waals surface area contributed by atoms with Crippen molar-refractivity contribution in [2.24, 2.45) is 0 Å². The summed E-state index contributed by atoms with van der Waals surface area (Å²) in [5.41, 5.74) is 5.19. The Balaban J connectivity index is 1.29. The molecule has 4 rings (SSSR count). The third kappa shape index (κ3) is 4.35. The van der Waals surface area contributed by atoms with Crippen molar-refractivity contribution in [2.75, 3.05) is 0 Å². The zero-order chi connectivity index (χ0) is 19.2. The summed E-state index contributed by atoms with van der Waals surface area (Å²) >= 11 is 0. The fourth-order valence-corrected chi connectivity index (χ4v) is 3.01. The van der Waals surface area contributed by atoms with E-state index in [1.54, 1.807) is 6.20 Å². The molecule has 0 atom stereocenters. The van der Waals surface area contributed by atoms with Crippen LogP contribution < -0.4 is 10.6 Å². The van der Waals surface area contributed by atoms with Crippen LogP contribution in [0.5, 0.6) is 0 Å². The Bertz CT molecular complexity index is 1060. The maximum atomic E-state index is 11.9. The molecule has 0 aliphatic rings. The van der Waals surface area contributed by atoms with E-state index >= 15 is 0 Å². The lowest BCUT2D eigenvalue weighted by molar-refractivity contribution is 0.240. The first-order chi connectivity index (χ1) is 13.8. The maximum absolute atomic E-state index is 11.9. The van der Waals surface area contributed by atoms with E-state index in [4.69, 9.17) is 0 Å². The number of benzene rings is 2. The Hall–Kier alpha value is -3.67. The van der Waals surface area contributed by atoms with Crippen molar-refractivity contribution in [1.29, 1.82) is 0 Å².